The van der Waals surface area contributed by atoms with Crippen molar-refractivity contribution >= 4 is 82.8 Å². The Bertz CT molecular complexity index is 3510. The highest BCUT2D eigenvalue weighted by molar-refractivity contribution is 6.22. The summed E-state index contributed by atoms with van der Waals surface area (Å²) >= 11 is 0. The summed E-state index contributed by atoms with van der Waals surface area (Å²) in [5.74, 6) is 0.599. The predicted octanol–water partition coefficient (Wildman–Crippen LogP) is 15.3. The highest BCUT2D eigenvalue weighted by atomic mass is 16.3. The number of aromatic nitrogens is 1. The van der Waals surface area contributed by atoms with Gasteiger partial charge in [0.15, 0.2) is 5.58 Å². The van der Waals surface area contributed by atoms with Crippen molar-refractivity contribution < 1.29 is 13.3 Å². The van der Waals surface area contributed by atoms with Gasteiger partial charge >= 0.3 is 0 Å². The predicted molar refractivity (Wildman–Crippen MR) is 237 cm³/mol. The molecule has 0 aliphatic rings. The van der Waals surface area contributed by atoms with Crippen LogP contribution in [-0.2, 0) is 0 Å². The van der Waals surface area contributed by atoms with E-state index in [1.165, 1.54) is 5.56 Å². The SMILES string of the molecule is c1ccc(-c2ccc(N(c3ccc4c(c3)oc3ccccc34)c3c4ccccc4cc4oc5cc(-c6cccc7oc(-c8ccccc8)nc67)ccc5c34)cc2)cc1. The van der Waals surface area contributed by atoms with Gasteiger partial charge in [0.1, 0.15) is 27.8 Å². The summed E-state index contributed by atoms with van der Waals surface area (Å²) in [6.07, 6.45) is 0. The van der Waals surface area contributed by atoms with E-state index in [1.54, 1.807) is 0 Å². The third kappa shape index (κ3) is 5.14. The summed E-state index contributed by atoms with van der Waals surface area (Å²) in [6, 6.07) is 67.4. The summed E-state index contributed by atoms with van der Waals surface area (Å²) < 4.78 is 19.6. The molecule has 58 heavy (non-hydrogen) atoms. The van der Waals surface area contributed by atoms with Crippen molar-refractivity contribution in [3.05, 3.63) is 194 Å². The lowest BCUT2D eigenvalue weighted by Gasteiger charge is -2.28. The molecule has 0 bridgehead atoms. The first-order valence-electron chi connectivity index (χ1n) is 19.4. The molecule has 3 aromatic heterocycles. The Balaban J connectivity index is 1.09. The van der Waals surface area contributed by atoms with E-state index in [-0.39, 0.29) is 0 Å². The molecule has 0 unspecified atom stereocenters. The Labute approximate surface area is 332 Å². The number of hydrogen-bond donors (Lipinski definition) is 0. The van der Waals surface area contributed by atoms with Crippen molar-refractivity contribution in [3.63, 3.8) is 0 Å². The second-order valence-corrected chi connectivity index (χ2v) is 14.7. The molecule has 0 atom stereocenters. The molecule has 12 rings (SSSR count). The Kier molecular flexibility index (Phi) is 7.16. The van der Waals surface area contributed by atoms with E-state index in [0.717, 1.165) is 105 Å². The van der Waals surface area contributed by atoms with Crippen LogP contribution in [0.2, 0.25) is 0 Å². The van der Waals surface area contributed by atoms with Crippen LogP contribution in [0.15, 0.2) is 207 Å². The fraction of sp³-hybridized carbons (Fsp3) is 0. The van der Waals surface area contributed by atoms with E-state index in [0.29, 0.717) is 5.89 Å². The van der Waals surface area contributed by atoms with E-state index in [9.17, 15) is 0 Å². The van der Waals surface area contributed by atoms with Crippen LogP contribution in [0.1, 0.15) is 0 Å². The second kappa shape index (κ2) is 12.8. The maximum atomic E-state index is 6.87. The number of benzene rings is 9. The fourth-order valence-electron chi connectivity index (χ4n) is 8.56. The maximum Gasteiger partial charge on any atom is 0.227 e. The van der Waals surface area contributed by atoms with Crippen molar-refractivity contribution in [2.75, 3.05) is 4.90 Å². The quantitative estimate of drug-likeness (QED) is 0.170. The molecule has 3 heterocycles. The van der Waals surface area contributed by atoms with Crippen LogP contribution in [0.5, 0.6) is 0 Å². The lowest BCUT2D eigenvalue weighted by Crippen LogP contribution is -2.11. The Morgan fingerprint density at radius 2 is 0.983 bits per heavy atom. The average molecular weight is 745 g/mol. The van der Waals surface area contributed by atoms with Crippen molar-refractivity contribution in [1.29, 1.82) is 0 Å². The van der Waals surface area contributed by atoms with Gasteiger partial charge in [-0.25, -0.2) is 4.98 Å². The number of hydrogen-bond acceptors (Lipinski definition) is 5. The maximum absolute atomic E-state index is 6.87. The van der Waals surface area contributed by atoms with Crippen LogP contribution in [-0.4, -0.2) is 4.98 Å². The Hall–Kier alpha value is -7.89. The summed E-state index contributed by atoms with van der Waals surface area (Å²) in [7, 11) is 0. The molecule has 0 aliphatic heterocycles. The topological polar surface area (TPSA) is 55.6 Å². The van der Waals surface area contributed by atoms with Crippen molar-refractivity contribution in [3.8, 4) is 33.7 Å². The molecule has 272 valence electrons. The molecule has 0 spiro atoms. The number of furan rings is 2. The van der Waals surface area contributed by atoms with Crippen LogP contribution < -0.4 is 4.90 Å². The highest BCUT2D eigenvalue weighted by Gasteiger charge is 2.24. The zero-order chi connectivity index (χ0) is 38.2. The summed E-state index contributed by atoms with van der Waals surface area (Å²) in [4.78, 5) is 7.33. The zero-order valence-corrected chi connectivity index (χ0v) is 31.1. The molecule has 5 nitrogen and oxygen atoms in total. The first-order chi connectivity index (χ1) is 28.7. The van der Waals surface area contributed by atoms with Gasteiger partial charge in [0, 0.05) is 50.1 Å². The molecule has 9 aromatic carbocycles. The van der Waals surface area contributed by atoms with E-state index in [1.807, 2.05) is 60.7 Å². The van der Waals surface area contributed by atoms with Crippen LogP contribution >= 0.6 is 0 Å². The van der Waals surface area contributed by atoms with Crippen molar-refractivity contribution in [2.24, 2.45) is 0 Å². The van der Waals surface area contributed by atoms with E-state index >= 15 is 0 Å². The largest absolute Gasteiger partial charge is 0.456 e. The van der Waals surface area contributed by atoms with Gasteiger partial charge in [-0.2, -0.15) is 0 Å². The van der Waals surface area contributed by atoms with Crippen LogP contribution in [0.3, 0.4) is 0 Å². The van der Waals surface area contributed by atoms with Gasteiger partial charge in [0.2, 0.25) is 5.89 Å². The van der Waals surface area contributed by atoms with Crippen molar-refractivity contribution in [2.45, 2.75) is 0 Å². The van der Waals surface area contributed by atoms with E-state index in [2.05, 4.69) is 138 Å². The third-order valence-electron chi connectivity index (χ3n) is 11.3. The fourth-order valence-corrected chi connectivity index (χ4v) is 8.56. The van der Waals surface area contributed by atoms with Crippen LogP contribution in [0.4, 0.5) is 17.1 Å². The standard InChI is InChI=1S/C53H32N2O3/c1-3-12-33(13-4-1)34-22-25-38(26-23-34)55(39-27-29-43-42-18-9-10-20-45(42)56-48(43)32-39)52-41-17-8-7-16-36(41)31-49-50(52)44-28-24-37(30-47(44)57-49)40-19-11-21-46-51(40)54-53(58-46)35-14-5-2-6-15-35/h1-32H. The van der Waals surface area contributed by atoms with Gasteiger partial charge in [0.05, 0.1) is 11.1 Å². The molecule has 0 radical (unpaired) electrons. The summed E-state index contributed by atoms with van der Waals surface area (Å²) in [5.41, 5.74) is 13.1. The Morgan fingerprint density at radius 1 is 0.362 bits per heavy atom. The van der Waals surface area contributed by atoms with Gasteiger partial charge < -0.3 is 18.2 Å². The minimum absolute atomic E-state index is 0.599. The smallest absolute Gasteiger partial charge is 0.227 e. The van der Waals surface area contributed by atoms with Gasteiger partial charge in [-0.15, -0.1) is 0 Å². The van der Waals surface area contributed by atoms with Crippen LogP contribution in [0.25, 0.3) is 99.5 Å². The molecule has 0 amide bonds. The molecule has 0 aliphatic carbocycles. The molecule has 0 saturated carbocycles. The normalized spacial score (nSPS) is 11.8. The minimum Gasteiger partial charge on any atom is -0.456 e. The monoisotopic (exact) mass is 744 g/mol. The molecule has 5 heteroatoms. The molecule has 12 aromatic rings. The van der Waals surface area contributed by atoms with E-state index in [4.69, 9.17) is 18.2 Å². The van der Waals surface area contributed by atoms with E-state index < -0.39 is 0 Å². The van der Waals surface area contributed by atoms with Gasteiger partial charge in [-0.3, -0.25) is 0 Å². The number of anilines is 3. The zero-order valence-electron chi connectivity index (χ0n) is 31.1. The number of para-hydroxylation sites is 2. The summed E-state index contributed by atoms with van der Waals surface area (Å²) in [6.45, 7) is 0. The minimum atomic E-state index is 0.599. The third-order valence-corrected chi connectivity index (χ3v) is 11.3. The number of oxazole rings is 1. The molecular weight excluding hydrogens is 713 g/mol. The number of fused-ring (bicyclic) bond motifs is 8. The van der Waals surface area contributed by atoms with Crippen LogP contribution in [0, 0.1) is 0 Å². The van der Waals surface area contributed by atoms with Gasteiger partial charge in [-0.05, 0) is 88.8 Å². The lowest BCUT2D eigenvalue weighted by atomic mass is 9.98. The molecular formula is C53H32N2O3. The second-order valence-electron chi connectivity index (χ2n) is 14.7. The molecule has 0 fully saturated rings. The number of nitrogens with zero attached hydrogens (tertiary/aromatic N) is 2. The first kappa shape index (κ1) is 32.4. The Morgan fingerprint density at radius 3 is 1.83 bits per heavy atom. The van der Waals surface area contributed by atoms with Crippen molar-refractivity contribution in [1.82, 2.24) is 4.98 Å². The lowest BCUT2D eigenvalue weighted by molar-refractivity contribution is 0.620. The van der Waals surface area contributed by atoms with Gasteiger partial charge in [-0.1, -0.05) is 121 Å². The molecule has 0 saturated heterocycles. The first-order valence-corrected chi connectivity index (χ1v) is 19.4. The summed E-state index contributed by atoms with van der Waals surface area (Å²) in [5, 5.41) is 6.43. The highest BCUT2D eigenvalue weighted by Crippen LogP contribution is 2.49. The van der Waals surface area contributed by atoms with Gasteiger partial charge in [0.25, 0.3) is 0 Å². The molecule has 0 N–H and O–H groups in total. The number of rotatable bonds is 6. The average Bonchev–Trinajstić information content (AvgIpc) is 4.00.